The van der Waals surface area contributed by atoms with E-state index < -0.39 is 0 Å². The minimum absolute atomic E-state index is 0.182. The smallest absolute Gasteiger partial charge is 0.255 e. The Hall–Kier alpha value is -2.64. The lowest BCUT2D eigenvalue weighted by molar-refractivity contribution is 0.114. The molecule has 0 radical (unpaired) electrons. The summed E-state index contributed by atoms with van der Waals surface area (Å²) in [6.07, 6.45) is 6.61. The highest BCUT2D eigenvalue weighted by molar-refractivity contribution is 5.23. The average molecular weight is 408 g/mol. The number of furan rings is 1. The molecule has 30 heavy (non-hydrogen) atoms. The summed E-state index contributed by atoms with van der Waals surface area (Å²) in [6, 6.07) is 6.27. The summed E-state index contributed by atoms with van der Waals surface area (Å²) >= 11 is 0. The summed E-state index contributed by atoms with van der Waals surface area (Å²) in [5.41, 5.74) is 5.72. The van der Waals surface area contributed by atoms with Gasteiger partial charge in [0.15, 0.2) is 0 Å². The molecular formula is C23H29N5O2. The third-order valence-electron chi connectivity index (χ3n) is 6.56. The molecule has 2 atom stereocenters. The number of rotatable bonds is 6. The van der Waals surface area contributed by atoms with E-state index in [1.165, 1.54) is 23.2 Å². The van der Waals surface area contributed by atoms with Crippen molar-refractivity contribution in [1.82, 2.24) is 24.6 Å². The van der Waals surface area contributed by atoms with Crippen molar-refractivity contribution in [2.45, 2.75) is 45.4 Å². The third kappa shape index (κ3) is 3.75. The number of nitrogens with one attached hydrogen (secondary N) is 1. The lowest BCUT2D eigenvalue weighted by Gasteiger charge is -2.43. The van der Waals surface area contributed by atoms with Crippen molar-refractivity contribution in [3.05, 3.63) is 75.4 Å². The van der Waals surface area contributed by atoms with Crippen LogP contribution in [-0.2, 0) is 26.2 Å². The maximum Gasteiger partial charge on any atom is 0.255 e. The number of aryl methyl sites for hydroxylation is 1. The van der Waals surface area contributed by atoms with Gasteiger partial charge in [-0.25, -0.2) is 0 Å². The number of fused-ring (bicyclic) bond motifs is 4. The topological polar surface area (TPSA) is 70.3 Å². The van der Waals surface area contributed by atoms with Gasteiger partial charge in [-0.3, -0.25) is 19.7 Å². The molecule has 158 valence electrons. The fourth-order valence-electron chi connectivity index (χ4n) is 5.15. The minimum Gasteiger partial charge on any atom is -0.472 e. The molecule has 5 rings (SSSR count). The first-order valence-corrected chi connectivity index (χ1v) is 10.7. The van der Waals surface area contributed by atoms with Gasteiger partial charge in [-0.05, 0) is 38.4 Å². The van der Waals surface area contributed by atoms with Gasteiger partial charge in [0, 0.05) is 73.3 Å². The van der Waals surface area contributed by atoms with Crippen molar-refractivity contribution in [1.29, 1.82) is 0 Å². The van der Waals surface area contributed by atoms with Crippen LogP contribution in [0.25, 0.3) is 0 Å². The van der Waals surface area contributed by atoms with E-state index >= 15 is 0 Å². The molecule has 0 saturated carbocycles. The van der Waals surface area contributed by atoms with Crippen LogP contribution in [0.2, 0.25) is 0 Å². The van der Waals surface area contributed by atoms with Crippen LogP contribution in [0.4, 0.5) is 0 Å². The van der Waals surface area contributed by atoms with Crippen molar-refractivity contribution in [3.8, 4) is 0 Å². The summed E-state index contributed by atoms with van der Waals surface area (Å²) in [4.78, 5) is 18.0. The molecular weight excluding hydrogens is 378 g/mol. The number of hydrogen-bond acceptors (Lipinski definition) is 5. The van der Waals surface area contributed by atoms with Crippen LogP contribution < -0.4 is 5.56 Å². The Morgan fingerprint density at radius 3 is 2.83 bits per heavy atom. The van der Waals surface area contributed by atoms with Crippen LogP contribution in [-0.4, -0.2) is 44.7 Å². The molecule has 0 aliphatic carbocycles. The molecule has 2 bridgehead atoms. The number of H-pyrrole nitrogens is 1. The molecule has 0 unspecified atom stereocenters. The molecule has 1 fully saturated rings. The van der Waals surface area contributed by atoms with E-state index in [1.807, 2.05) is 31.5 Å². The maximum atomic E-state index is 13.3. The first kappa shape index (κ1) is 19.3. The highest BCUT2D eigenvalue weighted by atomic mass is 16.3. The minimum atomic E-state index is 0.182. The molecule has 7 heteroatoms. The Bertz CT molecular complexity index is 1070. The second-order valence-electron chi connectivity index (χ2n) is 9.02. The molecule has 3 aromatic rings. The van der Waals surface area contributed by atoms with Gasteiger partial charge in [0.1, 0.15) is 0 Å². The molecule has 1 saturated heterocycles. The molecule has 2 aliphatic heterocycles. The van der Waals surface area contributed by atoms with Crippen LogP contribution in [0.5, 0.6) is 0 Å². The monoisotopic (exact) mass is 407 g/mol. The highest BCUT2D eigenvalue weighted by Crippen LogP contribution is 2.35. The predicted octanol–water partition coefficient (Wildman–Crippen LogP) is 2.72. The first-order chi connectivity index (χ1) is 14.6. The van der Waals surface area contributed by atoms with Crippen LogP contribution in [0, 0.1) is 12.8 Å². The third-order valence-corrected chi connectivity index (χ3v) is 6.56. The Kier molecular flexibility index (Phi) is 5.08. The molecule has 1 N–H and O–H groups in total. The first-order valence-electron chi connectivity index (χ1n) is 10.7. The number of nitrogens with zero attached hydrogens (tertiary/aromatic N) is 4. The lowest BCUT2D eigenvalue weighted by Crippen LogP contribution is -2.47. The Morgan fingerprint density at radius 2 is 2.07 bits per heavy atom. The van der Waals surface area contributed by atoms with Gasteiger partial charge in [0.05, 0.1) is 18.7 Å². The number of aromatic nitrogens is 3. The average Bonchev–Trinajstić information content (AvgIpc) is 3.36. The quantitative estimate of drug-likeness (QED) is 0.680. The highest BCUT2D eigenvalue weighted by Gasteiger charge is 2.35. The van der Waals surface area contributed by atoms with Crippen molar-refractivity contribution in [2.75, 3.05) is 20.1 Å². The van der Waals surface area contributed by atoms with E-state index in [9.17, 15) is 4.79 Å². The van der Waals surface area contributed by atoms with Gasteiger partial charge in [-0.2, -0.15) is 5.10 Å². The van der Waals surface area contributed by atoms with Gasteiger partial charge in [-0.15, -0.1) is 0 Å². The molecule has 0 aromatic carbocycles. The van der Waals surface area contributed by atoms with Crippen LogP contribution in [0.1, 0.15) is 40.4 Å². The Labute approximate surface area is 176 Å². The van der Waals surface area contributed by atoms with E-state index in [2.05, 4.69) is 37.7 Å². The summed E-state index contributed by atoms with van der Waals surface area (Å²) in [7, 11) is 2.05. The zero-order valence-corrected chi connectivity index (χ0v) is 17.7. The van der Waals surface area contributed by atoms with Crippen molar-refractivity contribution in [2.24, 2.45) is 5.92 Å². The SMILES string of the molecule is Cc1[nH]ncc1CN(C)Cc1ccc2n(c1=O)C[C@H]1C[C@@H]2CN(Cc2ccoc2)C1. The molecule has 0 amide bonds. The van der Waals surface area contributed by atoms with Crippen LogP contribution in [0.15, 0.2) is 46.1 Å². The summed E-state index contributed by atoms with van der Waals surface area (Å²) in [5.74, 6) is 0.958. The number of likely N-dealkylation sites (tertiary alicyclic amines) is 1. The number of aromatic amines is 1. The summed E-state index contributed by atoms with van der Waals surface area (Å²) in [5, 5.41) is 7.07. The largest absolute Gasteiger partial charge is 0.472 e. The second kappa shape index (κ2) is 7.89. The van der Waals surface area contributed by atoms with Gasteiger partial charge in [0.25, 0.3) is 5.56 Å². The van der Waals surface area contributed by atoms with E-state index in [4.69, 9.17) is 4.42 Å². The maximum absolute atomic E-state index is 13.3. The lowest BCUT2D eigenvalue weighted by atomic mass is 9.83. The van der Waals surface area contributed by atoms with E-state index in [-0.39, 0.29) is 5.56 Å². The van der Waals surface area contributed by atoms with E-state index in [0.29, 0.717) is 18.4 Å². The van der Waals surface area contributed by atoms with Crippen molar-refractivity contribution >= 4 is 0 Å². The normalized spacial score (nSPS) is 21.2. The second-order valence-corrected chi connectivity index (χ2v) is 9.02. The zero-order valence-electron chi connectivity index (χ0n) is 17.7. The van der Waals surface area contributed by atoms with Crippen molar-refractivity contribution in [3.63, 3.8) is 0 Å². The number of hydrogen-bond donors (Lipinski definition) is 1. The van der Waals surface area contributed by atoms with Crippen LogP contribution >= 0.6 is 0 Å². The molecule has 0 spiro atoms. The number of pyridine rings is 1. The Morgan fingerprint density at radius 1 is 1.20 bits per heavy atom. The summed E-state index contributed by atoms with van der Waals surface area (Å²) < 4.78 is 7.28. The molecule has 3 aromatic heterocycles. The Balaban J connectivity index is 1.32. The fourth-order valence-corrected chi connectivity index (χ4v) is 5.15. The van der Waals surface area contributed by atoms with Gasteiger partial charge in [0.2, 0.25) is 0 Å². The standard InChI is InChI=1S/C23H29N5O2/c1-16-21(8-24-25-16)13-26(2)12-19-3-4-22-20-7-18(11-28(22)23(19)29)10-27(14-20)9-17-5-6-30-15-17/h3-6,8,15,18,20H,7,9-14H2,1-2H3,(H,24,25)/t18-,20+/m0/s1. The molecule has 5 heterocycles. The number of piperidine rings is 1. The van der Waals surface area contributed by atoms with E-state index in [0.717, 1.165) is 44.0 Å². The van der Waals surface area contributed by atoms with Crippen LogP contribution in [0.3, 0.4) is 0 Å². The van der Waals surface area contributed by atoms with Crippen molar-refractivity contribution < 1.29 is 4.42 Å². The zero-order chi connectivity index (χ0) is 20.7. The summed E-state index contributed by atoms with van der Waals surface area (Å²) in [6.45, 7) is 7.23. The predicted molar refractivity (Wildman–Crippen MR) is 114 cm³/mol. The van der Waals surface area contributed by atoms with Gasteiger partial charge in [-0.1, -0.05) is 6.07 Å². The van der Waals surface area contributed by atoms with E-state index in [1.54, 1.807) is 6.26 Å². The van der Waals surface area contributed by atoms with Gasteiger partial charge < -0.3 is 8.98 Å². The van der Waals surface area contributed by atoms with Gasteiger partial charge >= 0.3 is 0 Å². The molecule has 7 nitrogen and oxygen atoms in total. The molecule has 2 aliphatic rings. The fraction of sp³-hybridized carbons (Fsp3) is 0.478.